The lowest BCUT2D eigenvalue weighted by Gasteiger charge is -2.13. The van der Waals surface area contributed by atoms with Gasteiger partial charge in [0.25, 0.3) is 0 Å². The monoisotopic (exact) mass is 260 g/mol. The third-order valence-corrected chi connectivity index (χ3v) is 2.31. The predicted molar refractivity (Wildman–Crippen MR) is 68.2 cm³/mol. The maximum Gasteiger partial charge on any atom is 0.319 e. The predicted octanol–water partition coefficient (Wildman–Crippen LogP) is 0.0704. The summed E-state index contributed by atoms with van der Waals surface area (Å²) < 4.78 is 9.77. The van der Waals surface area contributed by atoms with Gasteiger partial charge < -0.3 is 14.8 Å². The molecule has 6 nitrogen and oxygen atoms in total. The number of hydrogen-bond acceptors (Lipinski definition) is 5. The Morgan fingerprint density at radius 3 is 2.61 bits per heavy atom. The van der Waals surface area contributed by atoms with Crippen LogP contribution in [0.4, 0.5) is 0 Å². The first-order chi connectivity index (χ1) is 8.61. The number of carbonyl (C=O) groups excluding carboxylic acids is 2. The zero-order valence-corrected chi connectivity index (χ0v) is 11.5. The normalized spacial score (nSPS) is 11.9. The number of amides is 1. The Hall–Kier alpha value is -1.14. The highest BCUT2D eigenvalue weighted by Gasteiger charge is 2.13. The molecule has 1 unspecified atom stereocenters. The summed E-state index contributed by atoms with van der Waals surface area (Å²) in [6.07, 6.45) is 1.85. The first-order valence-electron chi connectivity index (χ1n) is 6.27. The maximum atomic E-state index is 11.5. The smallest absolute Gasteiger partial charge is 0.319 e. The van der Waals surface area contributed by atoms with Gasteiger partial charge in [0.15, 0.2) is 0 Å². The van der Waals surface area contributed by atoms with E-state index in [1.807, 2.05) is 6.92 Å². The van der Waals surface area contributed by atoms with Crippen molar-refractivity contribution in [1.29, 1.82) is 0 Å². The summed E-state index contributed by atoms with van der Waals surface area (Å²) in [7, 11) is 1.57. The Labute approximate surface area is 108 Å². The highest BCUT2D eigenvalue weighted by atomic mass is 16.5. The summed E-state index contributed by atoms with van der Waals surface area (Å²) >= 11 is 0. The van der Waals surface area contributed by atoms with Crippen LogP contribution in [0.1, 0.15) is 26.7 Å². The van der Waals surface area contributed by atoms with E-state index in [1.54, 1.807) is 14.0 Å². The van der Waals surface area contributed by atoms with E-state index < -0.39 is 6.04 Å². The van der Waals surface area contributed by atoms with Gasteiger partial charge in [-0.05, 0) is 13.3 Å². The summed E-state index contributed by atoms with van der Waals surface area (Å²) in [4.78, 5) is 22.8. The molecular weight excluding hydrogens is 236 g/mol. The van der Waals surface area contributed by atoms with Crippen LogP contribution in [0.25, 0.3) is 0 Å². The number of nitrogens with one attached hydrogen (secondary N) is 2. The quantitative estimate of drug-likeness (QED) is 0.429. The lowest BCUT2D eigenvalue weighted by molar-refractivity contribution is -0.142. The van der Waals surface area contributed by atoms with Crippen molar-refractivity contribution in [2.24, 2.45) is 0 Å². The second kappa shape index (κ2) is 11.0. The summed E-state index contributed by atoms with van der Waals surface area (Å²) in [6, 6.07) is -0.430. The van der Waals surface area contributed by atoms with Gasteiger partial charge in [-0.25, -0.2) is 0 Å². The second-order valence-electron chi connectivity index (χ2n) is 3.96. The Kier molecular flexibility index (Phi) is 10.3. The van der Waals surface area contributed by atoms with Crippen molar-refractivity contribution in [2.75, 3.05) is 33.4 Å². The molecule has 1 amide bonds. The van der Waals surface area contributed by atoms with E-state index in [-0.39, 0.29) is 18.4 Å². The van der Waals surface area contributed by atoms with Gasteiger partial charge in [-0.15, -0.1) is 0 Å². The lowest BCUT2D eigenvalue weighted by Crippen LogP contribution is -2.45. The minimum absolute atomic E-state index is 0.0442. The molecule has 0 aliphatic carbocycles. The van der Waals surface area contributed by atoms with Crippen LogP contribution < -0.4 is 10.6 Å². The molecule has 0 aromatic rings. The van der Waals surface area contributed by atoms with Crippen molar-refractivity contribution in [2.45, 2.75) is 32.7 Å². The molecule has 0 radical (unpaired) electrons. The molecule has 2 N–H and O–H groups in total. The van der Waals surface area contributed by atoms with Crippen molar-refractivity contribution in [3.63, 3.8) is 0 Å². The van der Waals surface area contributed by atoms with Crippen molar-refractivity contribution < 1.29 is 19.1 Å². The fourth-order valence-electron chi connectivity index (χ4n) is 1.14. The maximum absolute atomic E-state index is 11.5. The van der Waals surface area contributed by atoms with Crippen LogP contribution in [0.5, 0.6) is 0 Å². The molecule has 0 aliphatic heterocycles. The molecule has 1 atom stereocenters. The molecule has 0 heterocycles. The Morgan fingerprint density at radius 1 is 1.28 bits per heavy atom. The molecule has 0 aromatic carbocycles. The van der Waals surface area contributed by atoms with E-state index in [4.69, 9.17) is 9.47 Å². The van der Waals surface area contributed by atoms with Gasteiger partial charge in [0.05, 0.1) is 25.8 Å². The highest BCUT2D eigenvalue weighted by Crippen LogP contribution is 1.89. The highest BCUT2D eigenvalue weighted by molar-refractivity contribution is 5.82. The zero-order chi connectivity index (χ0) is 13.8. The average molecular weight is 260 g/mol. The fourth-order valence-corrected chi connectivity index (χ4v) is 1.14. The van der Waals surface area contributed by atoms with Crippen molar-refractivity contribution in [3.05, 3.63) is 0 Å². The molecule has 0 bridgehead atoms. The lowest BCUT2D eigenvalue weighted by atomic mass is 10.3. The summed E-state index contributed by atoms with van der Waals surface area (Å²) in [5.74, 6) is -0.492. The van der Waals surface area contributed by atoms with Crippen LogP contribution in [0.15, 0.2) is 0 Å². The van der Waals surface area contributed by atoms with Gasteiger partial charge in [0.1, 0.15) is 0 Å². The van der Waals surface area contributed by atoms with E-state index in [9.17, 15) is 9.59 Å². The summed E-state index contributed by atoms with van der Waals surface area (Å²) in [6.45, 7) is 5.13. The third kappa shape index (κ3) is 8.95. The van der Waals surface area contributed by atoms with Crippen molar-refractivity contribution in [3.8, 4) is 0 Å². The SMILES string of the molecule is CCCCOC(=O)CNC(C)C(=O)NCCOC. The molecule has 106 valence electrons. The first kappa shape index (κ1) is 16.9. The van der Waals surface area contributed by atoms with Crippen molar-refractivity contribution in [1.82, 2.24) is 10.6 Å². The average Bonchev–Trinajstić information content (AvgIpc) is 2.36. The van der Waals surface area contributed by atoms with Gasteiger partial charge in [0.2, 0.25) is 5.91 Å². The third-order valence-electron chi connectivity index (χ3n) is 2.31. The zero-order valence-electron chi connectivity index (χ0n) is 11.5. The van der Waals surface area contributed by atoms with Crippen LogP contribution in [0, 0.1) is 0 Å². The standard InChI is InChI=1S/C12H24N2O4/c1-4-5-7-18-11(15)9-14-10(2)12(16)13-6-8-17-3/h10,14H,4-9H2,1-3H3,(H,13,16). The molecule has 0 saturated carbocycles. The second-order valence-corrected chi connectivity index (χ2v) is 3.96. The molecule has 0 rings (SSSR count). The number of rotatable bonds is 10. The molecule has 0 fully saturated rings. The minimum Gasteiger partial charge on any atom is -0.465 e. The molecular formula is C12H24N2O4. The Bertz CT molecular complexity index is 246. The number of carbonyl (C=O) groups is 2. The number of esters is 1. The van der Waals surface area contributed by atoms with Crippen molar-refractivity contribution >= 4 is 11.9 Å². The number of methoxy groups -OCH3 is 1. The number of hydrogen-bond donors (Lipinski definition) is 2. The summed E-state index contributed by atoms with van der Waals surface area (Å²) in [5.41, 5.74) is 0. The van der Waals surface area contributed by atoms with Crippen LogP contribution in [0.2, 0.25) is 0 Å². The van der Waals surface area contributed by atoms with Gasteiger partial charge in [0, 0.05) is 13.7 Å². The molecule has 0 spiro atoms. The Balaban J connectivity index is 3.64. The van der Waals surface area contributed by atoms with Gasteiger partial charge in [-0.3, -0.25) is 14.9 Å². The van der Waals surface area contributed by atoms with Crippen LogP contribution in [-0.4, -0.2) is 51.3 Å². The largest absolute Gasteiger partial charge is 0.465 e. The van der Waals surface area contributed by atoms with E-state index in [0.717, 1.165) is 12.8 Å². The van der Waals surface area contributed by atoms with Gasteiger partial charge in [-0.2, -0.15) is 0 Å². The minimum atomic E-state index is -0.430. The molecule has 0 aromatic heterocycles. The van der Waals surface area contributed by atoms with E-state index in [1.165, 1.54) is 0 Å². The van der Waals surface area contributed by atoms with Gasteiger partial charge in [-0.1, -0.05) is 13.3 Å². The van der Waals surface area contributed by atoms with E-state index in [2.05, 4.69) is 10.6 Å². The topological polar surface area (TPSA) is 76.7 Å². The number of ether oxygens (including phenoxy) is 2. The van der Waals surface area contributed by atoms with Crippen LogP contribution in [0.3, 0.4) is 0 Å². The van der Waals surface area contributed by atoms with E-state index >= 15 is 0 Å². The molecule has 0 saturated heterocycles. The van der Waals surface area contributed by atoms with E-state index in [0.29, 0.717) is 19.8 Å². The summed E-state index contributed by atoms with van der Waals surface area (Å²) in [5, 5.41) is 5.49. The Morgan fingerprint density at radius 2 is 2.00 bits per heavy atom. The molecule has 18 heavy (non-hydrogen) atoms. The van der Waals surface area contributed by atoms with Gasteiger partial charge >= 0.3 is 5.97 Å². The van der Waals surface area contributed by atoms with Crippen LogP contribution in [-0.2, 0) is 19.1 Å². The number of unbranched alkanes of at least 4 members (excludes halogenated alkanes) is 1. The van der Waals surface area contributed by atoms with Crippen LogP contribution >= 0.6 is 0 Å². The fraction of sp³-hybridized carbons (Fsp3) is 0.833. The molecule has 6 heteroatoms. The molecule has 0 aliphatic rings. The first-order valence-corrected chi connectivity index (χ1v) is 6.27.